The summed E-state index contributed by atoms with van der Waals surface area (Å²) >= 11 is 11.7. The maximum absolute atomic E-state index is 11.4. The number of hydrogen-bond donors (Lipinski definition) is 1. The molecule has 0 bridgehead atoms. The minimum Gasteiger partial charge on any atom is -0.293 e. The topological polar surface area (TPSA) is 50.7 Å². The van der Waals surface area contributed by atoms with Gasteiger partial charge in [0.25, 0.3) is 0 Å². The number of aryl methyl sites for hydroxylation is 1. The smallest absolute Gasteiger partial charge is 0.293 e. The summed E-state index contributed by atoms with van der Waals surface area (Å²) in [7, 11) is 0. The number of hydrogen-bond acceptors (Lipinski definition) is 2. The molecule has 0 fully saturated rings. The Morgan fingerprint density at radius 2 is 2.13 bits per heavy atom. The summed E-state index contributed by atoms with van der Waals surface area (Å²) in [5, 5.41) is 4.89. The van der Waals surface area contributed by atoms with E-state index in [-0.39, 0.29) is 5.69 Å². The molecule has 1 aromatic carbocycles. The molecule has 1 aromatic heterocycles. The van der Waals surface area contributed by atoms with Crippen LogP contribution in [0.25, 0.3) is 5.69 Å². The lowest BCUT2D eigenvalue weighted by Gasteiger charge is -2.02. The van der Waals surface area contributed by atoms with Gasteiger partial charge in [0, 0.05) is 5.02 Å². The molecule has 2 aromatic rings. The first-order valence-electron chi connectivity index (χ1n) is 4.19. The molecule has 1 heterocycles. The third-order valence-electron chi connectivity index (χ3n) is 1.87. The van der Waals surface area contributed by atoms with Crippen molar-refractivity contribution >= 4 is 23.2 Å². The number of halogens is 2. The van der Waals surface area contributed by atoms with Crippen molar-refractivity contribution in [2.75, 3.05) is 0 Å². The molecule has 0 aliphatic heterocycles. The van der Waals surface area contributed by atoms with Crippen LogP contribution in [0.15, 0.2) is 23.0 Å². The van der Waals surface area contributed by atoms with Gasteiger partial charge in [-0.3, -0.25) is 4.98 Å². The molecule has 0 unspecified atom stereocenters. The fraction of sp³-hybridized carbons (Fsp3) is 0.111. The van der Waals surface area contributed by atoms with E-state index in [4.69, 9.17) is 23.2 Å². The summed E-state index contributed by atoms with van der Waals surface area (Å²) in [6, 6.07) is 4.86. The standard InChI is InChI=1S/C9H7Cl2N3O/c1-5-12-9(15)14(13-5)8-3-2-6(10)4-7(8)11/h2-4H,1H3,(H,12,13,15). The minimum atomic E-state index is -0.322. The lowest BCUT2D eigenvalue weighted by molar-refractivity contribution is 0.833. The Bertz CT molecular complexity index is 559. The Kier molecular flexibility index (Phi) is 2.54. The molecule has 78 valence electrons. The SMILES string of the molecule is Cc1nn(-c2ccc(Cl)cc2Cl)c(=O)[nH]1. The molecule has 15 heavy (non-hydrogen) atoms. The van der Waals surface area contributed by atoms with Crippen LogP contribution >= 0.6 is 23.2 Å². The molecule has 0 amide bonds. The number of nitrogens with one attached hydrogen (secondary N) is 1. The highest BCUT2D eigenvalue weighted by Gasteiger charge is 2.08. The van der Waals surface area contributed by atoms with E-state index in [0.717, 1.165) is 0 Å². The summed E-state index contributed by atoms with van der Waals surface area (Å²) in [4.78, 5) is 14.0. The van der Waals surface area contributed by atoms with Crippen molar-refractivity contribution in [1.82, 2.24) is 14.8 Å². The number of aromatic nitrogens is 3. The molecular formula is C9H7Cl2N3O. The quantitative estimate of drug-likeness (QED) is 0.835. The Morgan fingerprint density at radius 3 is 2.67 bits per heavy atom. The third-order valence-corrected chi connectivity index (χ3v) is 2.41. The molecule has 0 spiro atoms. The zero-order valence-electron chi connectivity index (χ0n) is 7.79. The van der Waals surface area contributed by atoms with Gasteiger partial charge in [0.05, 0.1) is 10.7 Å². The van der Waals surface area contributed by atoms with Gasteiger partial charge < -0.3 is 0 Å². The summed E-state index contributed by atoms with van der Waals surface area (Å²) in [5.41, 5.74) is 0.187. The van der Waals surface area contributed by atoms with Crippen LogP contribution in [0.5, 0.6) is 0 Å². The fourth-order valence-corrected chi connectivity index (χ4v) is 1.73. The average Bonchev–Trinajstić information content (AvgIpc) is 2.45. The maximum Gasteiger partial charge on any atom is 0.348 e. The van der Waals surface area contributed by atoms with Crippen molar-refractivity contribution in [3.8, 4) is 5.69 Å². The number of benzene rings is 1. The first kappa shape index (κ1) is 10.3. The summed E-state index contributed by atoms with van der Waals surface area (Å²) in [6.45, 7) is 1.70. The first-order chi connectivity index (χ1) is 7.08. The molecule has 0 atom stereocenters. The van der Waals surface area contributed by atoms with E-state index in [0.29, 0.717) is 21.6 Å². The van der Waals surface area contributed by atoms with Gasteiger partial charge in [0.1, 0.15) is 5.82 Å². The van der Waals surface area contributed by atoms with E-state index in [9.17, 15) is 4.79 Å². The average molecular weight is 244 g/mol. The van der Waals surface area contributed by atoms with Crippen LogP contribution in [0.4, 0.5) is 0 Å². The number of nitrogens with zero attached hydrogens (tertiary/aromatic N) is 2. The Labute approximate surface area is 95.4 Å². The van der Waals surface area contributed by atoms with E-state index in [1.807, 2.05) is 0 Å². The van der Waals surface area contributed by atoms with Gasteiger partial charge >= 0.3 is 5.69 Å². The Morgan fingerprint density at radius 1 is 1.40 bits per heavy atom. The van der Waals surface area contributed by atoms with E-state index >= 15 is 0 Å². The number of aromatic amines is 1. The van der Waals surface area contributed by atoms with Crippen LogP contribution in [0.3, 0.4) is 0 Å². The molecule has 6 heteroatoms. The molecular weight excluding hydrogens is 237 g/mol. The minimum absolute atomic E-state index is 0.322. The molecule has 0 saturated heterocycles. The lowest BCUT2D eigenvalue weighted by atomic mass is 10.3. The molecule has 1 N–H and O–H groups in total. The first-order valence-corrected chi connectivity index (χ1v) is 4.95. The second-order valence-electron chi connectivity index (χ2n) is 3.02. The third kappa shape index (κ3) is 1.91. The van der Waals surface area contributed by atoms with E-state index < -0.39 is 0 Å². The van der Waals surface area contributed by atoms with Gasteiger partial charge in [-0.1, -0.05) is 23.2 Å². The molecule has 0 aliphatic rings. The predicted octanol–water partition coefficient (Wildman–Crippen LogP) is 2.18. The van der Waals surface area contributed by atoms with E-state index in [1.165, 1.54) is 4.68 Å². The second-order valence-corrected chi connectivity index (χ2v) is 3.87. The molecule has 2 rings (SSSR count). The highest BCUT2D eigenvalue weighted by atomic mass is 35.5. The fourth-order valence-electron chi connectivity index (χ4n) is 1.24. The van der Waals surface area contributed by atoms with Crippen molar-refractivity contribution in [2.24, 2.45) is 0 Å². The number of rotatable bonds is 1. The van der Waals surface area contributed by atoms with Crippen LogP contribution in [0, 0.1) is 6.92 Å². The van der Waals surface area contributed by atoms with Crippen molar-refractivity contribution < 1.29 is 0 Å². The zero-order valence-corrected chi connectivity index (χ0v) is 9.30. The summed E-state index contributed by atoms with van der Waals surface area (Å²) < 4.78 is 1.20. The Hall–Kier alpha value is -1.26. The van der Waals surface area contributed by atoms with Crippen LogP contribution in [0.1, 0.15) is 5.82 Å². The summed E-state index contributed by atoms with van der Waals surface area (Å²) in [6.07, 6.45) is 0. The molecule has 0 aliphatic carbocycles. The van der Waals surface area contributed by atoms with Crippen LogP contribution < -0.4 is 5.69 Å². The van der Waals surface area contributed by atoms with Crippen molar-refractivity contribution in [3.05, 3.63) is 44.6 Å². The molecule has 0 radical (unpaired) electrons. The van der Waals surface area contributed by atoms with Gasteiger partial charge in [-0.05, 0) is 25.1 Å². The van der Waals surface area contributed by atoms with Crippen LogP contribution in [-0.2, 0) is 0 Å². The second kappa shape index (κ2) is 3.72. The van der Waals surface area contributed by atoms with Crippen LogP contribution in [0.2, 0.25) is 10.0 Å². The largest absolute Gasteiger partial charge is 0.348 e. The number of H-pyrrole nitrogens is 1. The normalized spacial score (nSPS) is 10.6. The summed E-state index contributed by atoms with van der Waals surface area (Å²) in [5.74, 6) is 0.533. The monoisotopic (exact) mass is 243 g/mol. The van der Waals surface area contributed by atoms with Gasteiger partial charge in [0.2, 0.25) is 0 Å². The molecule has 0 saturated carbocycles. The predicted molar refractivity (Wildman–Crippen MR) is 58.9 cm³/mol. The van der Waals surface area contributed by atoms with Crippen molar-refractivity contribution in [3.63, 3.8) is 0 Å². The van der Waals surface area contributed by atoms with Gasteiger partial charge in [-0.2, -0.15) is 9.78 Å². The zero-order chi connectivity index (χ0) is 11.0. The van der Waals surface area contributed by atoms with Gasteiger partial charge in [0.15, 0.2) is 0 Å². The molecule has 4 nitrogen and oxygen atoms in total. The van der Waals surface area contributed by atoms with Crippen molar-refractivity contribution in [1.29, 1.82) is 0 Å². The van der Waals surface area contributed by atoms with Gasteiger partial charge in [-0.25, -0.2) is 4.79 Å². The highest BCUT2D eigenvalue weighted by molar-refractivity contribution is 6.35. The van der Waals surface area contributed by atoms with Gasteiger partial charge in [-0.15, -0.1) is 0 Å². The van der Waals surface area contributed by atoms with E-state index in [1.54, 1.807) is 25.1 Å². The Balaban J connectivity index is 2.64. The maximum atomic E-state index is 11.4. The highest BCUT2D eigenvalue weighted by Crippen LogP contribution is 2.22. The van der Waals surface area contributed by atoms with Crippen LogP contribution in [-0.4, -0.2) is 14.8 Å². The van der Waals surface area contributed by atoms with Crippen molar-refractivity contribution in [2.45, 2.75) is 6.92 Å². The van der Waals surface area contributed by atoms with E-state index in [2.05, 4.69) is 10.1 Å². The lowest BCUT2D eigenvalue weighted by Crippen LogP contribution is -2.16.